The van der Waals surface area contributed by atoms with Crippen LogP contribution in [0.25, 0.3) is 0 Å². The molecule has 0 bridgehead atoms. The van der Waals surface area contributed by atoms with Gasteiger partial charge in [0.1, 0.15) is 0 Å². The molecule has 0 aliphatic carbocycles. The minimum atomic E-state index is -3.67. The van der Waals surface area contributed by atoms with Gasteiger partial charge in [0, 0.05) is 32.2 Å². The summed E-state index contributed by atoms with van der Waals surface area (Å²) in [4.78, 5) is 13.8. The summed E-state index contributed by atoms with van der Waals surface area (Å²) in [6.45, 7) is 3.88. The molecular weight excluding hydrogens is 380 g/mol. The molecule has 0 aromatic heterocycles. The molecule has 1 atom stereocenters. The lowest BCUT2D eigenvalue weighted by molar-refractivity contribution is -0.116. The fraction of sp³-hybridized carbons (Fsp3) is 0.350. The third-order valence-corrected chi connectivity index (χ3v) is 6.96. The number of benzene rings is 2. The van der Waals surface area contributed by atoms with E-state index in [0.717, 1.165) is 16.8 Å². The number of carbonyl (C=O) groups is 1. The van der Waals surface area contributed by atoms with Gasteiger partial charge in [0.05, 0.1) is 4.90 Å². The number of ether oxygens (including phenoxy) is 2. The van der Waals surface area contributed by atoms with E-state index in [1.165, 1.54) is 11.2 Å². The first-order valence-electron chi connectivity index (χ1n) is 9.05. The maximum Gasteiger partial charge on any atom is 0.243 e. The molecule has 7 nitrogen and oxygen atoms in total. The third-order valence-electron chi connectivity index (χ3n) is 5.16. The lowest BCUT2D eigenvalue weighted by Gasteiger charge is -2.21. The van der Waals surface area contributed by atoms with Crippen LogP contribution in [0.3, 0.4) is 0 Å². The molecule has 4 rings (SSSR count). The number of sulfonamides is 1. The molecule has 0 fully saturated rings. The summed E-state index contributed by atoms with van der Waals surface area (Å²) in [6, 6.07) is 10.4. The van der Waals surface area contributed by atoms with Crippen LogP contribution in [-0.2, 0) is 27.8 Å². The van der Waals surface area contributed by atoms with E-state index in [1.807, 2.05) is 13.0 Å². The van der Waals surface area contributed by atoms with E-state index in [-0.39, 0.29) is 30.2 Å². The van der Waals surface area contributed by atoms with Gasteiger partial charge in [0.25, 0.3) is 0 Å². The van der Waals surface area contributed by atoms with Gasteiger partial charge in [-0.15, -0.1) is 0 Å². The van der Waals surface area contributed by atoms with Crippen molar-refractivity contribution >= 4 is 21.6 Å². The van der Waals surface area contributed by atoms with E-state index in [2.05, 4.69) is 0 Å². The van der Waals surface area contributed by atoms with Crippen LogP contribution in [0, 0.1) is 0 Å². The first kappa shape index (κ1) is 18.8. The highest BCUT2D eigenvalue weighted by Crippen LogP contribution is 2.35. The van der Waals surface area contributed by atoms with Crippen LogP contribution >= 0.6 is 0 Å². The lowest BCUT2D eigenvalue weighted by atomic mass is 10.1. The van der Waals surface area contributed by atoms with Gasteiger partial charge >= 0.3 is 0 Å². The second-order valence-corrected chi connectivity index (χ2v) is 9.23. The zero-order chi connectivity index (χ0) is 20.1. The standard InChI is InChI=1S/C20H22N2O5S/c1-13-8-16-10-17(5-6-18(16)22(13)14(2)23)28(24,25)21(3)11-15-4-7-19-20(9-15)27-12-26-19/h4-7,9-10,13H,8,11-12H2,1-3H3. The van der Waals surface area contributed by atoms with Crippen molar-refractivity contribution in [2.24, 2.45) is 0 Å². The topological polar surface area (TPSA) is 76.2 Å². The minimum absolute atomic E-state index is 0.0248. The summed E-state index contributed by atoms with van der Waals surface area (Å²) in [5.74, 6) is 1.25. The summed E-state index contributed by atoms with van der Waals surface area (Å²) >= 11 is 0. The molecule has 0 radical (unpaired) electrons. The zero-order valence-corrected chi connectivity index (χ0v) is 16.8. The normalized spacial score (nSPS) is 17.9. The Morgan fingerprint density at radius 1 is 1.18 bits per heavy atom. The van der Waals surface area contributed by atoms with Crippen molar-refractivity contribution in [1.82, 2.24) is 4.31 Å². The Bertz CT molecular complexity index is 1050. The molecule has 148 valence electrons. The monoisotopic (exact) mass is 402 g/mol. The van der Waals surface area contributed by atoms with E-state index in [4.69, 9.17) is 9.47 Å². The van der Waals surface area contributed by atoms with Crippen LogP contribution in [0.5, 0.6) is 11.5 Å². The van der Waals surface area contributed by atoms with E-state index in [1.54, 1.807) is 42.3 Å². The maximum absolute atomic E-state index is 13.1. The van der Waals surface area contributed by atoms with Crippen molar-refractivity contribution in [3.05, 3.63) is 47.5 Å². The Morgan fingerprint density at radius 3 is 2.68 bits per heavy atom. The van der Waals surface area contributed by atoms with E-state index in [0.29, 0.717) is 17.9 Å². The smallest absolute Gasteiger partial charge is 0.243 e. The highest BCUT2D eigenvalue weighted by atomic mass is 32.2. The number of fused-ring (bicyclic) bond motifs is 2. The fourth-order valence-corrected chi connectivity index (χ4v) is 5.02. The van der Waals surface area contributed by atoms with Gasteiger partial charge in [-0.05, 0) is 54.8 Å². The molecule has 0 saturated carbocycles. The summed E-state index contributed by atoms with van der Waals surface area (Å²) in [5.41, 5.74) is 2.48. The highest BCUT2D eigenvalue weighted by molar-refractivity contribution is 7.89. The first-order valence-corrected chi connectivity index (χ1v) is 10.5. The van der Waals surface area contributed by atoms with Crippen molar-refractivity contribution in [2.75, 3.05) is 18.7 Å². The molecule has 28 heavy (non-hydrogen) atoms. The van der Waals surface area contributed by atoms with E-state index >= 15 is 0 Å². The summed E-state index contributed by atoms with van der Waals surface area (Å²) in [7, 11) is -2.12. The number of nitrogens with zero attached hydrogens (tertiary/aromatic N) is 2. The Morgan fingerprint density at radius 2 is 1.93 bits per heavy atom. The average molecular weight is 402 g/mol. The molecular formula is C20H22N2O5S. The molecule has 1 amide bonds. The highest BCUT2D eigenvalue weighted by Gasteiger charge is 2.31. The third kappa shape index (κ3) is 3.12. The Labute approximate surface area is 164 Å². The summed E-state index contributed by atoms with van der Waals surface area (Å²) in [6.07, 6.45) is 0.643. The SMILES string of the molecule is CC(=O)N1c2ccc(S(=O)(=O)N(C)Cc3ccc4c(c3)OCO4)cc2CC1C. The predicted octanol–water partition coefficient (Wildman–Crippen LogP) is 2.53. The fourth-order valence-electron chi connectivity index (χ4n) is 3.81. The van der Waals surface area contributed by atoms with Gasteiger partial charge in [-0.1, -0.05) is 6.07 Å². The van der Waals surface area contributed by atoms with E-state index in [9.17, 15) is 13.2 Å². The quantitative estimate of drug-likeness (QED) is 0.786. The van der Waals surface area contributed by atoms with E-state index < -0.39 is 10.0 Å². The van der Waals surface area contributed by atoms with Gasteiger partial charge < -0.3 is 14.4 Å². The number of amides is 1. The van der Waals surface area contributed by atoms with Gasteiger partial charge in [-0.25, -0.2) is 8.42 Å². The average Bonchev–Trinajstić information content (AvgIpc) is 3.23. The maximum atomic E-state index is 13.1. The summed E-state index contributed by atoms with van der Waals surface area (Å²) in [5, 5.41) is 0. The number of anilines is 1. The molecule has 2 aliphatic heterocycles. The molecule has 0 spiro atoms. The van der Waals surface area contributed by atoms with Crippen molar-refractivity contribution < 1.29 is 22.7 Å². The second kappa shape index (κ2) is 6.79. The van der Waals surface area contributed by atoms with Crippen molar-refractivity contribution in [1.29, 1.82) is 0 Å². The molecule has 0 saturated heterocycles. The van der Waals surface area contributed by atoms with Gasteiger partial charge in [0.15, 0.2) is 11.5 Å². The molecule has 8 heteroatoms. The second-order valence-electron chi connectivity index (χ2n) is 7.18. The molecule has 2 aromatic rings. The van der Waals surface area contributed by atoms with Crippen molar-refractivity contribution in [3.63, 3.8) is 0 Å². The predicted molar refractivity (Wildman–Crippen MR) is 104 cm³/mol. The Balaban J connectivity index is 1.58. The molecule has 2 heterocycles. The number of hydrogen-bond donors (Lipinski definition) is 0. The van der Waals surface area contributed by atoms with Crippen LogP contribution in [0.4, 0.5) is 5.69 Å². The molecule has 2 aromatic carbocycles. The van der Waals surface area contributed by atoms with Gasteiger partial charge in [-0.2, -0.15) is 4.31 Å². The largest absolute Gasteiger partial charge is 0.454 e. The lowest BCUT2D eigenvalue weighted by Crippen LogP contribution is -2.33. The van der Waals surface area contributed by atoms with Crippen LogP contribution in [0.15, 0.2) is 41.3 Å². The number of rotatable bonds is 4. The number of carbonyl (C=O) groups excluding carboxylic acids is 1. The molecule has 1 unspecified atom stereocenters. The summed E-state index contributed by atoms with van der Waals surface area (Å²) < 4.78 is 38.1. The number of hydrogen-bond acceptors (Lipinski definition) is 5. The molecule has 0 N–H and O–H groups in total. The first-order chi connectivity index (χ1) is 13.3. The van der Waals surface area contributed by atoms with Crippen LogP contribution in [0.2, 0.25) is 0 Å². The van der Waals surface area contributed by atoms with Crippen LogP contribution in [-0.4, -0.2) is 38.5 Å². The van der Waals surface area contributed by atoms with Crippen LogP contribution < -0.4 is 14.4 Å². The Hall–Kier alpha value is -2.58. The molecule has 2 aliphatic rings. The van der Waals surface area contributed by atoms with Gasteiger partial charge in [0.2, 0.25) is 22.7 Å². The van der Waals surface area contributed by atoms with Gasteiger partial charge in [-0.3, -0.25) is 4.79 Å². The Kier molecular flexibility index (Phi) is 4.55. The van der Waals surface area contributed by atoms with Crippen molar-refractivity contribution in [2.45, 2.75) is 37.8 Å². The van der Waals surface area contributed by atoms with Crippen LogP contribution in [0.1, 0.15) is 25.0 Å². The minimum Gasteiger partial charge on any atom is -0.454 e. The zero-order valence-electron chi connectivity index (χ0n) is 16.0. The van der Waals surface area contributed by atoms with Crippen molar-refractivity contribution in [3.8, 4) is 11.5 Å².